The molecule has 0 fully saturated rings. The molecule has 1 heterocycles. The van der Waals surface area contributed by atoms with Gasteiger partial charge in [-0.05, 0) is 36.4 Å². The Morgan fingerprint density at radius 1 is 1.05 bits per heavy atom. The van der Waals surface area contributed by atoms with Gasteiger partial charge in [-0.1, -0.05) is 11.6 Å². The zero-order valence-corrected chi connectivity index (χ0v) is 11.1. The van der Waals surface area contributed by atoms with Gasteiger partial charge in [0.2, 0.25) is 0 Å². The highest BCUT2D eigenvalue weighted by atomic mass is 35.5. The third-order valence-electron chi connectivity index (χ3n) is 2.93. The first-order valence-electron chi connectivity index (χ1n) is 5.90. The van der Waals surface area contributed by atoms with Gasteiger partial charge in [0.1, 0.15) is 17.3 Å². The molecule has 3 rings (SSSR count). The molecule has 0 aliphatic rings. The van der Waals surface area contributed by atoms with Crippen LogP contribution in [-0.2, 0) is 0 Å². The second kappa shape index (κ2) is 4.98. The topological polar surface area (TPSA) is 48.1 Å². The van der Waals surface area contributed by atoms with Crippen LogP contribution in [0.3, 0.4) is 0 Å². The van der Waals surface area contributed by atoms with Gasteiger partial charge in [-0.2, -0.15) is 0 Å². The van der Waals surface area contributed by atoms with Gasteiger partial charge < -0.3 is 10.5 Å². The Morgan fingerprint density at radius 3 is 2.65 bits per heavy atom. The van der Waals surface area contributed by atoms with Crippen LogP contribution < -0.4 is 10.5 Å². The molecule has 0 aliphatic heterocycles. The third-order valence-corrected chi connectivity index (χ3v) is 3.22. The van der Waals surface area contributed by atoms with E-state index >= 15 is 0 Å². The van der Waals surface area contributed by atoms with E-state index in [1.807, 2.05) is 0 Å². The fourth-order valence-corrected chi connectivity index (χ4v) is 2.16. The maximum Gasteiger partial charge on any atom is 0.146 e. The molecular weight excluding hydrogens is 279 g/mol. The third kappa shape index (κ3) is 2.26. The van der Waals surface area contributed by atoms with Crippen molar-refractivity contribution in [3.05, 3.63) is 59.6 Å². The fraction of sp³-hybridized carbons (Fsp3) is 0. The van der Waals surface area contributed by atoms with E-state index in [-0.39, 0.29) is 5.02 Å². The SMILES string of the molecule is Nc1ccc(Oc2ccc(F)cc2Cl)c2ccncc12. The van der Waals surface area contributed by atoms with Gasteiger partial charge in [-0.15, -0.1) is 0 Å². The first-order valence-corrected chi connectivity index (χ1v) is 6.28. The molecule has 100 valence electrons. The lowest BCUT2D eigenvalue weighted by Gasteiger charge is -2.11. The number of hydrogen-bond acceptors (Lipinski definition) is 3. The Hall–Kier alpha value is -2.33. The summed E-state index contributed by atoms with van der Waals surface area (Å²) in [6, 6.07) is 9.27. The maximum atomic E-state index is 13.0. The van der Waals surface area contributed by atoms with E-state index in [1.54, 1.807) is 30.6 Å². The highest BCUT2D eigenvalue weighted by molar-refractivity contribution is 6.32. The van der Waals surface area contributed by atoms with Crippen LogP contribution in [0.1, 0.15) is 0 Å². The van der Waals surface area contributed by atoms with Gasteiger partial charge >= 0.3 is 0 Å². The zero-order valence-electron chi connectivity index (χ0n) is 10.3. The van der Waals surface area contributed by atoms with E-state index in [4.69, 9.17) is 22.1 Å². The van der Waals surface area contributed by atoms with E-state index < -0.39 is 5.82 Å². The van der Waals surface area contributed by atoms with Gasteiger partial charge in [0.15, 0.2) is 0 Å². The summed E-state index contributed by atoms with van der Waals surface area (Å²) in [5.74, 6) is 0.565. The van der Waals surface area contributed by atoms with Crippen molar-refractivity contribution in [1.29, 1.82) is 0 Å². The van der Waals surface area contributed by atoms with Gasteiger partial charge in [-0.3, -0.25) is 4.98 Å². The minimum absolute atomic E-state index is 0.212. The number of fused-ring (bicyclic) bond motifs is 1. The maximum absolute atomic E-state index is 13.0. The number of benzene rings is 2. The number of hydrogen-bond donors (Lipinski definition) is 1. The number of nitrogens with zero attached hydrogens (tertiary/aromatic N) is 1. The predicted molar refractivity (Wildman–Crippen MR) is 77.6 cm³/mol. The van der Waals surface area contributed by atoms with Crippen LogP contribution in [0.4, 0.5) is 10.1 Å². The van der Waals surface area contributed by atoms with E-state index in [9.17, 15) is 4.39 Å². The van der Waals surface area contributed by atoms with E-state index in [0.717, 1.165) is 10.8 Å². The van der Waals surface area contributed by atoms with E-state index in [2.05, 4.69) is 4.98 Å². The summed E-state index contributed by atoms with van der Waals surface area (Å²) in [5, 5.41) is 1.83. The molecule has 1 aromatic heterocycles. The Morgan fingerprint density at radius 2 is 1.85 bits per heavy atom. The second-order valence-electron chi connectivity index (χ2n) is 4.25. The Kier molecular flexibility index (Phi) is 3.16. The number of aromatic nitrogens is 1. The van der Waals surface area contributed by atoms with Gasteiger partial charge in [-0.25, -0.2) is 4.39 Å². The number of nitrogen functional groups attached to an aromatic ring is 1. The average molecular weight is 289 g/mol. The van der Waals surface area contributed by atoms with Crippen LogP contribution in [0.25, 0.3) is 10.8 Å². The summed E-state index contributed by atoms with van der Waals surface area (Å²) < 4.78 is 18.8. The van der Waals surface area contributed by atoms with E-state index in [0.29, 0.717) is 17.2 Å². The van der Waals surface area contributed by atoms with Crippen LogP contribution >= 0.6 is 11.6 Å². The summed E-state index contributed by atoms with van der Waals surface area (Å²) in [5.41, 5.74) is 6.51. The highest BCUT2D eigenvalue weighted by Gasteiger charge is 2.09. The predicted octanol–water partition coefficient (Wildman–Crippen LogP) is 4.40. The summed E-state index contributed by atoms with van der Waals surface area (Å²) in [6.07, 6.45) is 3.32. The minimum atomic E-state index is -0.409. The first kappa shape index (κ1) is 12.7. The lowest BCUT2D eigenvalue weighted by molar-refractivity contribution is 0.486. The molecule has 0 atom stereocenters. The molecule has 0 amide bonds. The molecule has 3 nitrogen and oxygen atoms in total. The van der Waals surface area contributed by atoms with Crippen molar-refractivity contribution in [2.45, 2.75) is 0 Å². The molecular formula is C15H10ClFN2O. The number of pyridine rings is 1. The van der Waals surface area contributed by atoms with Gasteiger partial charge in [0.25, 0.3) is 0 Å². The second-order valence-corrected chi connectivity index (χ2v) is 4.66. The molecule has 0 aliphatic carbocycles. The van der Waals surface area contributed by atoms with Crippen molar-refractivity contribution in [3.63, 3.8) is 0 Å². The zero-order chi connectivity index (χ0) is 14.1. The van der Waals surface area contributed by atoms with Gasteiger partial charge in [0, 0.05) is 28.9 Å². The van der Waals surface area contributed by atoms with Gasteiger partial charge in [0.05, 0.1) is 5.02 Å². The summed E-state index contributed by atoms with van der Waals surface area (Å²) in [6.45, 7) is 0. The Balaban J connectivity index is 2.09. The van der Waals surface area contributed by atoms with Crippen molar-refractivity contribution in [1.82, 2.24) is 4.98 Å². The summed E-state index contributed by atoms with van der Waals surface area (Å²) in [7, 11) is 0. The number of anilines is 1. The molecule has 0 bridgehead atoms. The standard InChI is InChI=1S/C15H10ClFN2O/c16-12-7-9(17)1-3-15(12)20-14-4-2-13(18)11-8-19-6-5-10(11)14/h1-8H,18H2. The van der Waals surface area contributed by atoms with Crippen LogP contribution in [0.15, 0.2) is 48.8 Å². The van der Waals surface area contributed by atoms with Crippen LogP contribution in [0.5, 0.6) is 11.5 Å². The smallest absolute Gasteiger partial charge is 0.146 e. The molecule has 0 saturated carbocycles. The molecule has 0 saturated heterocycles. The molecule has 2 N–H and O–H groups in total. The summed E-state index contributed by atoms with van der Waals surface area (Å²) in [4.78, 5) is 4.04. The summed E-state index contributed by atoms with van der Waals surface area (Å²) >= 11 is 5.96. The molecule has 0 unspecified atom stereocenters. The fourth-order valence-electron chi connectivity index (χ4n) is 1.95. The Bertz CT molecular complexity index is 792. The lowest BCUT2D eigenvalue weighted by atomic mass is 10.1. The number of rotatable bonds is 2. The molecule has 0 radical (unpaired) electrons. The number of halogens is 2. The molecule has 5 heteroatoms. The number of ether oxygens (including phenoxy) is 1. The Labute approximate surface area is 119 Å². The van der Waals surface area contributed by atoms with Crippen LogP contribution in [0.2, 0.25) is 5.02 Å². The average Bonchev–Trinajstić information content (AvgIpc) is 2.45. The quantitative estimate of drug-likeness (QED) is 0.711. The van der Waals surface area contributed by atoms with Crippen molar-refractivity contribution in [2.75, 3.05) is 5.73 Å². The lowest BCUT2D eigenvalue weighted by Crippen LogP contribution is -1.92. The normalized spacial score (nSPS) is 10.7. The van der Waals surface area contributed by atoms with Crippen LogP contribution in [0, 0.1) is 5.82 Å². The number of nitrogens with two attached hydrogens (primary N) is 1. The first-order chi connectivity index (χ1) is 9.65. The van der Waals surface area contributed by atoms with Crippen molar-refractivity contribution < 1.29 is 9.13 Å². The highest BCUT2D eigenvalue weighted by Crippen LogP contribution is 2.35. The molecule has 0 spiro atoms. The molecule has 3 aromatic rings. The molecule has 20 heavy (non-hydrogen) atoms. The van der Waals surface area contributed by atoms with E-state index in [1.165, 1.54) is 18.2 Å². The largest absolute Gasteiger partial charge is 0.455 e. The van der Waals surface area contributed by atoms with Crippen molar-refractivity contribution in [3.8, 4) is 11.5 Å². The van der Waals surface area contributed by atoms with Crippen molar-refractivity contribution in [2.24, 2.45) is 0 Å². The minimum Gasteiger partial charge on any atom is -0.455 e. The monoisotopic (exact) mass is 288 g/mol. The molecule has 2 aromatic carbocycles. The van der Waals surface area contributed by atoms with Crippen LogP contribution in [-0.4, -0.2) is 4.98 Å². The van der Waals surface area contributed by atoms with Crippen molar-refractivity contribution >= 4 is 28.1 Å².